The Morgan fingerprint density at radius 2 is 1.92 bits per heavy atom. The van der Waals surface area contributed by atoms with E-state index in [1.54, 1.807) is 6.07 Å². The standard InChI is InChI=1S/C11H8ClF/c1-7-4-8-6-9(13)2-3-10(8)11(12)5-7/h2-6H,1H3. The third kappa shape index (κ3) is 1.52. The summed E-state index contributed by atoms with van der Waals surface area (Å²) < 4.78 is 12.9. The Hall–Kier alpha value is -1.08. The maximum Gasteiger partial charge on any atom is 0.123 e. The summed E-state index contributed by atoms with van der Waals surface area (Å²) in [7, 11) is 0. The van der Waals surface area contributed by atoms with Gasteiger partial charge in [0.2, 0.25) is 0 Å². The molecule has 0 saturated carbocycles. The number of hydrogen-bond donors (Lipinski definition) is 0. The molecule has 0 radical (unpaired) electrons. The lowest BCUT2D eigenvalue weighted by molar-refractivity contribution is 0.630. The molecular weight excluding hydrogens is 187 g/mol. The number of aryl methyl sites for hydroxylation is 1. The Balaban J connectivity index is 2.86. The minimum atomic E-state index is -0.228. The van der Waals surface area contributed by atoms with Gasteiger partial charge in [-0.05, 0) is 42.1 Å². The van der Waals surface area contributed by atoms with Crippen LogP contribution < -0.4 is 0 Å². The van der Waals surface area contributed by atoms with E-state index in [-0.39, 0.29) is 5.82 Å². The van der Waals surface area contributed by atoms with E-state index < -0.39 is 0 Å². The minimum Gasteiger partial charge on any atom is -0.207 e. The summed E-state index contributed by atoms with van der Waals surface area (Å²) >= 11 is 5.99. The predicted molar refractivity (Wildman–Crippen MR) is 53.7 cm³/mol. The van der Waals surface area contributed by atoms with Gasteiger partial charge in [0.1, 0.15) is 5.82 Å². The topological polar surface area (TPSA) is 0 Å². The van der Waals surface area contributed by atoms with Crippen LogP contribution in [0.1, 0.15) is 5.56 Å². The van der Waals surface area contributed by atoms with Crippen molar-refractivity contribution in [2.24, 2.45) is 0 Å². The van der Waals surface area contributed by atoms with Crippen molar-refractivity contribution >= 4 is 22.4 Å². The average molecular weight is 195 g/mol. The SMILES string of the molecule is Cc1cc(Cl)c2ccc(F)cc2c1. The molecule has 0 aromatic heterocycles. The van der Waals surface area contributed by atoms with Gasteiger partial charge in [-0.2, -0.15) is 0 Å². The molecule has 2 aromatic rings. The van der Waals surface area contributed by atoms with E-state index in [0.717, 1.165) is 16.3 Å². The maximum atomic E-state index is 12.9. The second kappa shape index (κ2) is 3.00. The zero-order chi connectivity index (χ0) is 9.42. The molecule has 0 aliphatic heterocycles. The molecule has 0 aliphatic rings. The Morgan fingerprint density at radius 1 is 1.15 bits per heavy atom. The lowest BCUT2D eigenvalue weighted by atomic mass is 10.1. The van der Waals surface area contributed by atoms with Crippen LogP contribution in [0.3, 0.4) is 0 Å². The molecule has 0 fully saturated rings. The van der Waals surface area contributed by atoms with Crippen LogP contribution >= 0.6 is 11.6 Å². The Kier molecular flexibility index (Phi) is 1.97. The molecule has 2 aromatic carbocycles. The molecule has 0 N–H and O–H groups in total. The van der Waals surface area contributed by atoms with Crippen LogP contribution in [0.4, 0.5) is 4.39 Å². The first-order chi connectivity index (χ1) is 6.16. The molecular formula is C11H8ClF. The second-order valence-electron chi connectivity index (χ2n) is 3.11. The maximum absolute atomic E-state index is 12.9. The Morgan fingerprint density at radius 3 is 2.69 bits per heavy atom. The molecule has 0 aliphatic carbocycles. The molecule has 0 saturated heterocycles. The van der Waals surface area contributed by atoms with Crippen LogP contribution in [0.5, 0.6) is 0 Å². The van der Waals surface area contributed by atoms with Crippen molar-refractivity contribution in [3.63, 3.8) is 0 Å². The number of hydrogen-bond acceptors (Lipinski definition) is 0. The predicted octanol–water partition coefficient (Wildman–Crippen LogP) is 3.94. The number of halogens is 2. The van der Waals surface area contributed by atoms with Gasteiger partial charge in [0, 0.05) is 10.4 Å². The third-order valence-corrected chi connectivity index (χ3v) is 2.32. The molecule has 0 bridgehead atoms. The van der Waals surface area contributed by atoms with Gasteiger partial charge in [-0.25, -0.2) is 4.39 Å². The van der Waals surface area contributed by atoms with E-state index in [2.05, 4.69) is 0 Å². The fourth-order valence-electron chi connectivity index (χ4n) is 1.44. The summed E-state index contributed by atoms with van der Waals surface area (Å²) in [5.41, 5.74) is 1.04. The van der Waals surface area contributed by atoms with Crippen LogP contribution in [0.2, 0.25) is 5.02 Å². The van der Waals surface area contributed by atoms with E-state index in [1.165, 1.54) is 12.1 Å². The highest BCUT2D eigenvalue weighted by molar-refractivity contribution is 6.35. The Labute approximate surface area is 80.9 Å². The van der Waals surface area contributed by atoms with Gasteiger partial charge in [0.25, 0.3) is 0 Å². The van der Waals surface area contributed by atoms with Crippen molar-refractivity contribution in [3.05, 3.63) is 46.7 Å². The van der Waals surface area contributed by atoms with Crippen molar-refractivity contribution in [2.75, 3.05) is 0 Å². The summed E-state index contributed by atoms with van der Waals surface area (Å²) in [5, 5.41) is 2.42. The van der Waals surface area contributed by atoms with Crippen LogP contribution in [0, 0.1) is 12.7 Å². The first kappa shape index (κ1) is 8.52. The molecule has 0 heterocycles. The summed E-state index contributed by atoms with van der Waals surface area (Å²) in [6.07, 6.45) is 0. The third-order valence-electron chi connectivity index (χ3n) is 2.01. The van der Waals surface area contributed by atoms with Crippen molar-refractivity contribution in [1.82, 2.24) is 0 Å². The highest BCUT2D eigenvalue weighted by Gasteiger charge is 2.00. The number of rotatable bonds is 0. The molecule has 2 rings (SSSR count). The van der Waals surface area contributed by atoms with E-state index in [0.29, 0.717) is 5.02 Å². The monoisotopic (exact) mass is 194 g/mol. The summed E-state index contributed by atoms with van der Waals surface area (Å²) in [4.78, 5) is 0. The van der Waals surface area contributed by atoms with Gasteiger partial charge in [-0.1, -0.05) is 17.7 Å². The molecule has 0 atom stereocenters. The van der Waals surface area contributed by atoms with Gasteiger partial charge in [0.15, 0.2) is 0 Å². The van der Waals surface area contributed by atoms with Crippen LogP contribution in [0.25, 0.3) is 10.8 Å². The van der Waals surface area contributed by atoms with Gasteiger partial charge < -0.3 is 0 Å². The van der Waals surface area contributed by atoms with E-state index in [1.807, 2.05) is 19.1 Å². The lowest BCUT2D eigenvalue weighted by Gasteiger charge is -2.02. The molecule has 13 heavy (non-hydrogen) atoms. The number of benzene rings is 2. The summed E-state index contributed by atoms with van der Waals surface area (Å²) in [5.74, 6) is -0.228. The summed E-state index contributed by atoms with van der Waals surface area (Å²) in [6, 6.07) is 8.41. The average Bonchev–Trinajstić information content (AvgIpc) is 2.02. The fraction of sp³-hybridized carbons (Fsp3) is 0.0909. The van der Waals surface area contributed by atoms with E-state index in [4.69, 9.17) is 11.6 Å². The highest BCUT2D eigenvalue weighted by Crippen LogP contribution is 2.25. The molecule has 0 nitrogen and oxygen atoms in total. The van der Waals surface area contributed by atoms with Crippen molar-refractivity contribution in [3.8, 4) is 0 Å². The van der Waals surface area contributed by atoms with Gasteiger partial charge in [-0.3, -0.25) is 0 Å². The molecule has 2 heteroatoms. The van der Waals surface area contributed by atoms with E-state index in [9.17, 15) is 4.39 Å². The van der Waals surface area contributed by atoms with Crippen molar-refractivity contribution < 1.29 is 4.39 Å². The van der Waals surface area contributed by atoms with Crippen LogP contribution in [0.15, 0.2) is 30.3 Å². The van der Waals surface area contributed by atoms with Crippen molar-refractivity contribution in [1.29, 1.82) is 0 Å². The summed E-state index contributed by atoms with van der Waals surface area (Å²) in [6.45, 7) is 1.94. The molecule has 0 spiro atoms. The zero-order valence-corrected chi connectivity index (χ0v) is 7.90. The first-order valence-corrected chi connectivity index (χ1v) is 4.40. The lowest BCUT2D eigenvalue weighted by Crippen LogP contribution is -1.79. The van der Waals surface area contributed by atoms with Gasteiger partial charge in [0.05, 0.1) is 0 Å². The normalized spacial score (nSPS) is 10.7. The van der Waals surface area contributed by atoms with E-state index >= 15 is 0 Å². The Bertz CT molecular complexity index is 458. The second-order valence-corrected chi connectivity index (χ2v) is 3.52. The van der Waals surface area contributed by atoms with Gasteiger partial charge in [-0.15, -0.1) is 0 Å². The quantitative estimate of drug-likeness (QED) is 0.596. The van der Waals surface area contributed by atoms with Crippen LogP contribution in [-0.4, -0.2) is 0 Å². The largest absolute Gasteiger partial charge is 0.207 e. The minimum absolute atomic E-state index is 0.228. The molecule has 0 unspecified atom stereocenters. The smallest absolute Gasteiger partial charge is 0.123 e. The van der Waals surface area contributed by atoms with Gasteiger partial charge >= 0.3 is 0 Å². The zero-order valence-electron chi connectivity index (χ0n) is 7.14. The molecule has 66 valence electrons. The number of fused-ring (bicyclic) bond motifs is 1. The molecule has 0 amide bonds. The fourth-order valence-corrected chi connectivity index (χ4v) is 1.78. The van der Waals surface area contributed by atoms with Crippen molar-refractivity contribution in [2.45, 2.75) is 6.92 Å². The van der Waals surface area contributed by atoms with Crippen LogP contribution in [-0.2, 0) is 0 Å². The highest BCUT2D eigenvalue weighted by atomic mass is 35.5. The first-order valence-electron chi connectivity index (χ1n) is 4.02.